The van der Waals surface area contributed by atoms with Crippen LogP contribution in [0.15, 0.2) is 42.5 Å². The molecule has 6 nitrogen and oxygen atoms in total. The molecule has 168 valence electrons. The van der Waals surface area contributed by atoms with E-state index < -0.39 is 21.6 Å². The molecule has 0 bridgehead atoms. The van der Waals surface area contributed by atoms with Gasteiger partial charge >= 0.3 is 0 Å². The van der Waals surface area contributed by atoms with E-state index in [0.717, 1.165) is 11.3 Å². The summed E-state index contributed by atoms with van der Waals surface area (Å²) in [6.07, 6.45) is 0.823. The van der Waals surface area contributed by atoms with Crippen LogP contribution in [0.25, 0.3) is 0 Å². The van der Waals surface area contributed by atoms with Gasteiger partial charge in [-0.2, -0.15) is 0 Å². The van der Waals surface area contributed by atoms with Gasteiger partial charge in [-0.05, 0) is 44.0 Å². The minimum absolute atomic E-state index is 0.0300. The van der Waals surface area contributed by atoms with Crippen LogP contribution in [0.2, 0.25) is 5.02 Å². The summed E-state index contributed by atoms with van der Waals surface area (Å²) in [5, 5.41) is 2.93. The van der Waals surface area contributed by atoms with Gasteiger partial charge in [0.05, 0.1) is 12.3 Å². The smallest absolute Gasteiger partial charge is 0.223 e. The average Bonchev–Trinajstić information content (AvgIpc) is 2.75. The number of nitrogens with one attached hydrogen (secondary N) is 1. The molecule has 31 heavy (non-hydrogen) atoms. The van der Waals surface area contributed by atoms with Gasteiger partial charge in [0.1, 0.15) is 18.2 Å². The largest absolute Gasteiger partial charge is 0.492 e. The maximum atomic E-state index is 14.0. The Labute approximate surface area is 187 Å². The zero-order valence-electron chi connectivity index (χ0n) is 17.3. The van der Waals surface area contributed by atoms with Gasteiger partial charge < -0.3 is 10.1 Å². The van der Waals surface area contributed by atoms with Crippen molar-refractivity contribution in [2.24, 2.45) is 5.92 Å². The Morgan fingerprint density at radius 1 is 1.19 bits per heavy atom. The van der Waals surface area contributed by atoms with E-state index in [1.165, 1.54) is 22.5 Å². The number of hydrogen-bond acceptors (Lipinski definition) is 4. The molecule has 0 radical (unpaired) electrons. The molecule has 9 heteroatoms. The lowest BCUT2D eigenvalue weighted by Gasteiger charge is -2.30. The molecule has 0 aromatic heterocycles. The molecule has 1 saturated heterocycles. The van der Waals surface area contributed by atoms with E-state index in [1.54, 1.807) is 0 Å². The summed E-state index contributed by atoms with van der Waals surface area (Å²) in [6, 6.07) is 11.8. The lowest BCUT2D eigenvalue weighted by atomic mass is 9.97. The van der Waals surface area contributed by atoms with Gasteiger partial charge in [0.2, 0.25) is 15.9 Å². The number of benzene rings is 2. The molecular weight excluding hydrogens is 443 g/mol. The molecule has 3 rings (SSSR count). The lowest BCUT2D eigenvalue weighted by molar-refractivity contribution is -0.126. The highest BCUT2D eigenvalue weighted by molar-refractivity contribution is 7.88. The first-order valence-corrected chi connectivity index (χ1v) is 12.1. The molecule has 0 atom stereocenters. The molecule has 1 aliphatic heterocycles. The van der Waals surface area contributed by atoms with Crippen molar-refractivity contribution in [1.82, 2.24) is 9.62 Å². The number of hydrogen-bond donors (Lipinski definition) is 1. The maximum Gasteiger partial charge on any atom is 0.223 e. The van der Waals surface area contributed by atoms with Crippen molar-refractivity contribution >= 4 is 27.5 Å². The van der Waals surface area contributed by atoms with E-state index in [9.17, 15) is 17.6 Å². The highest BCUT2D eigenvalue weighted by Crippen LogP contribution is 2.26. The second-order valence-electron chi connectivity index (χ2n) is 7.58. The van der Waals surface area contributed by atoms with Crippen LogP contribution in [0.4, 0.5) is 4.39 Å². The average molecular weight is 469 g/mol. The van der Waals surface area contributed by atoms with Gasteiger partial charge in [-0.3, -0.25) is 4.79 Å². The van der Waals surface area contributed by atoms with Crippen LogP contribution in [0.5, 0.6) is 5.75 Å². The number of carbonyl (C=O) groups is 1. The molecule has 1 amide bonds. The maximum absolute atomic E-state index is 14.0. The van der Waals surface area contributed by atoms with Gasteiger partial charge in [0, 0.05) is 29.6 Å². The monoisotopic (exact) mass is 468 g/mol. The molecule has 2 aromatic carbocycles. The first-order chi connectivity index (χ1) is 14.8. The van der Waals surface area contributed by atoms with Crippen molar-refractivity contribution in [2.75, 3.05) is 26.2 Å². The standard InChI is InChI=1S/C22H26ClFN2O4S/c1-16-5-7-18(8-6-16)30-14-11-25-22(27)17-9-12-26(13-10-17)31(28,29)15-19-20(23)3-2-4-21(19)24/h2-8,17H,9-15H2,1H3,(H,25,27). The first-order valence-electron chi connectivity index (χ1n) is 10.1. The minimum Gasteiger partial charge on any atom is -0.492 e. The third-order valence-electron chi connectivity index (χ3n) is 5.30. The van der Waals surface area contributed by atoms with Gasteiger partial charge in [0.25, 0.3) is 0 Å². The molecule has 1 aliphatic rings. The van der Waals surface area contributed by atoms with Crippen LogP contribution in [-0.2, 0) is 20.6 Å². The van der Waals surface area contributed by atoms with Crippen LogP contribution in [0, 0.1) is 18.7 Å². The second-order valence-corrected chi connectivity index (χ2v) is 9.96. The summed E-state index contributed by atoms with van der Waals surface area (Å²) in [4.78, 5) is 12.4. The van der Waals surface area contributed by atoms with E-state index >= 15 is 0 Å². The molecule has 1 N–H and O–H groups in total. The predicted octanol–water partition coefficient (Wildman–Crippen LogP) is 3.52. The number of piperidine rings is 1. The zero-order valence-corrected chi connectivity index (χ0v) is 18.9. The topological polar surface area (TPSA) is 75.7 Å². The van der Waals surface area contributed by atoms with E-state index in [1.807, 2.05) is 31.2 Å². The van der Waals surface area contributed by atoms with E-state index in [4.69, 9.17) is 16.3 Å². The summed E-state index contributed by atoms with van der Waals surface area (Å²) in [6.45, 7) is 3.15. The van der Waals surface area contributed by atoms with Crippen molar-refractivity contribution < 1.29 is 22.3 Å². The summed E-state index contributed by atoms with van der Waals surface area (Å²) >= 11 is 5.96. The molecule has 0 unspecified atom stereocenters. The predicted molar refractivity (Wildman–Crippen MR) is 118 cm³/mol. The SMILES string of the molecule is Cc1ccc(OCCNC(=O)C2CCN(S(=O)(=O)Cc3c(F)cccc3Cl)CC2)cc1. The summed E-state index contributed by atoms with van der Waals surface area (Å²) in [7, 11) is -3.73. The van der Waals surface area contributed by atoms with E-state index in [2.05, 4.69) is 5.32 Å². The van der Waals surface area contributed by atoms with E-state index in [-0.39, 0.29) is 35.5 Å². The van der Waals surface area contributed by atoms with Gasteiger partial charge in [0.15, 0.2) is 0 Å². The van der Waals surface area contributed by atoms with Gasteiger partial charge in [-0.25, -0.2) is 17.1 Å². The van der Waals surface area contributed by atoms with Gasteiger partial charge in [-0.1, -0.05) is 35.4 Å². The fourth-order valence-electron chi connectivity index (χ4n) is 3.46. The molecule has 0 spiro atoms. The number of nitrogens with zero attached hydrogens (tertiary/aromatic N) is 1. The third-order valence-corrected chi connectivity index (χ3v) is 7.46. The first kappa shape index (κ1) is 23.5. The molecule has 1 fully saturated rings. The normalized spacial score (nSPS) is 15.6. The number of amides is 1. The second kappa shape index (κ2) is 10.4. The number of halogens is 2. The fourth-order valence-corrected chi connectivity index (χ4v) is 5.38. The molecule has 1 heterocycles. The molecule has 0 aliphatic carbocycles. The number of aryl methyl sites for hydroxylation is 1. The number of sulfonamides is 1. The Balaban J connectivity index is 1.44. The van der Waals surface area contributed by atoms with Crippen molar-refractivity contribution in [3.63, 3.8) is 0 Å². The number of carbonyl (C=O) groups excluding carboxylic acids is 1. The third kappa shape index (κ3) is 6.41. The van der Waals surface area contributed by atoms with Gasteiger partial charge in [-0.15, -0.1) is 0 Å². The minimum atomic E-state index is -3.73. The lowest BCUT2D eigenvalue weighted by Crippen LogP contribution is -2.44. The summed E-state index contributed by atoms with van der Waals surface area (Å²) in [5.74, 6) is -0.762. The van der Waals surface area contributed by atoms with Crippen molar-refractivity contribution in [3.8, 4) is 5.75 Å². The van der Waals surface area contributed by atoms with Crippen LogP contribution in [0.3, 0.4) is 0 Å². The Morgan fingerprint density at radius 3 is 2.52 bits per heavy atom. The van der Waals surface area contributed by atoms with Crippen LogP contribution >= 0.6 is 11.6 Å². The van der Waals surface area contributed by atoms with Crippen molar-refractivity contribution in [3.05, 3.63) is 64.4 Å². The Kier molecular flexibility index (Phi) is 7.91. The molecule has 2 aromatic rings. The Bertz CT molecular complexity index is 986. The molecular formula is C22H26ClFN2O4S. The number of rotatable bonds is 8. The highest BCUT2D eigenvalue weighted by Gasteiger charge is 2.32. The van der Waals surface area contributed by atoms with Crippen molar-refractivity contribution in [1.29, 1.82) is 0 Å². The summed E-state index contributed by atoms with van der Waals surface area (Å²) < 4.78 is 46.2. The Hall–Kier alpha value is -2.16. The fraction of sp³-hybridized carbons (Fsp3) is 0.409. The quantitative estimate of drug-likeness (QED) is 0.601. The highest BCUT2D eigenvalue weighted by atomic mass is 35.5. The summed E-state index contributed by atoms with van der Waals surface area (Å²) in [5.41, 5.74) is 1.11. The number of ether oxygens (including phenoxy) is 1. The zero-order chi connectivity index (χ0) is 22.4. The Morgan fingerprint density at radius 2 is 1.87 bits per heavy atom. The van der Waals surface area contributed by atoms with Crippen LogP contribution in [0.1, 0.15) is 24.0 Å². The van der Waals surface area contributed by atoms with Crippen molar-refractivity contribution in [2.45, 2.75) is 25.5 Å². The van der Waals surface area contributed by atoms with Crippen LogP contribution < -0.4 is 10.1 Å². The van der Waals surface area contributed by atoms with Crippen LogP contribution in [-0.4, -0.2) is 44.9 Å². The molecule has 0 saturated carbocycles. The van der Waals surface area contributed by atoms with E-state index in [0.29, 0.717) is 26.0 Å².